The van der Waals surface area contributed by atoms with Gasteiger partial charge in [-0.15, -0.1) is 0 Å². The fourth-order valence-electron chi connectivity index (χ4n) is 2.72. The van der Waals surface area contributed by atoms with E-state index >= 15 is 0 Å². The molecule has 3 rings (SSSR count). The summed E-state index contributed by atoms with van der Waals surface area (Å²) in [5.41, 5.74) is 2.11. The van der Waals surface area contributed by atoms with Crippen molar-refractivity contribution in [2.75, 3.05) is 5.32 Å². The van der Waals surface area contributed by atoms with Gasteiger partial charge in [0.25, 0.3) is 0 Å². The second-order valence-corrected chi connectivity index (χ2v) is 6.44. The minimum Gasteiger partial charge on any atom is -0.311 e. The van der Waals surface area contributed by atoms with Gasteiger partial charge in [-0.1, -0.05) is 67.1 Å². The highest BCUT2D eigenvalue weighted by Gasteiger charge is 2.13. The summed E-state index contributed by atoms with van der Waals surface area (Å²) in [6.45, 7) is 2.56. The number of hydrogen-bond donors (Lipinski definition) is 1. The third-order valence-electron chi connectivity index (χ3n) is 4.12. The van der Waals surface area contributed by atoms with Crippen molar-refractivity contribution in [3.63, 3.8) is 0 Å². The molecule has 1 amide bonds. The second-order valence-electron chi connectivity index (χ2n) is 6.03. The van der Waals surface area contributed by atoms with Crippen LogP contribution in [0.2, 0.25) is 5.02 Å². The van der Waals surface area contributed by atoms with E-state index in [9.17, 15) is 4.79 Å². The van der Waals surface area contributed by atoms with Crippen molar-refractivity contribution in [3.8, 4) is 0 Å². The van der Waals surface area contributed by atoms with Crippen LogP contribution in [0.4, 0.5) is 5.82 Å². The molecule has 0 aliphatic carbocycles. The van der Waals surface area contributed by atoms with Crippen molar-refractivity contribution in [2.24, 2.45) is 0 Å². The monoisotopic (exact) mass is 353 g/mol. The Bertz CT molecular complexity index is 845. The fraction of sp³-hybridized carbons (Fsp3) is 0.200. The maximum atomic E-state index is 12.4. The van der Waals surface area contributed by atoms with E-state index in [1.807, 2.05) is 54.6 Å². The van der Waals surface area contributed by atoms with Crippen LogP contribution in [0.25, 0.3) is 0 Å². The number of hydrogen-bond acceptors (Lipinski definition) is 2. The van der Waals surface area contributed by atoms with Crippen LogP contribution in [-0.4, -0.2) is 15.7 Å². The highest BCUT2D eigenvalue weighted by Crippen LogP contribution is 2.21. The first kappa shape index (κ1) is 17.2. The summed E-state index contributed by atoms with van der Waals surface area (Å²) in [7, 11) is 0. The third-order valence-corrected chi connectivity index (χ3v) is 4.49. The quantitative estimate of drug-likeness (QED) is 0.697. The molecule has 0 saturated heterocycles. The molecule has 128 valence electrons. The Kier molecular flexibility index (Phi) is 5.51. The topological polar surface area (TPSA) is 46.9 Å². The van der Waals surface area contributed by atoms with Gasteiger partial charge in [-0.3, -0.25) is 4.79 Å². The summed E-state index contributed by atoms with van der Waals surface area (Å²) in [5.74, 6) is 0.795. The maximum absolute atomic E-state index is 12.4. The first-order valence-electron chi connectivity index (χ1n) is 8.23. The Hall–Kier alpha value is -2.59. The number of nitrogens with zero attached hydrogens (tertiary/aromatic N) is 2. The minimum absolute atomic E-state index is 0.0303. The summed E-state index contributed by atoms with van der Waals surface area (Å²) < 4.78 is 1.74. The summed E-state index contributed by atoms with van der Waals surface area (Å²) in [5, 5.41) is 7.92. The zero-order chi connectivity index (χ0) is 17.6. The van der Waals surface area contributed by atoms with Gasteiger partial charge < -0.3 is 5.32 Å². The largest absolute Gasteiger partial charge is 0.311 e. The predicted octanol–water partition coefficient (Wildman–Crippen LogP) is 4.72. The summed E-state index contributed by atoms with van der Waals surface area (Å²) in [6, 6.07) is 19.5. The Morgan fingerprint density at radius 1 is 1.12 bits per heavy atom. The smallest absolute Gasteiger partial charge is 0.226 e. The lowest BCUT2D eigenvalue weighted by atomic mass is 9.98. The van der Waals surface area contributed by atoms with Gasteiger partial charge >= 0.3 is 0 Å². The molecular formula is C20H20ClN3O. The van der Waals surface area contributed by atoms with E-state index in [0.29, 0.717) is 23.8 Å². The number of rotatable bonds is 6. The van der Waals surface area contributed by atoms with Crippen molar-refractivity contribution in [2.45, 2.75) is 25.8 Å². The lowest BCUT2D eigenvalue weighted by molar-refractivity contribution is -0.116. The molecule has 1 aromatic heterocycles. The van der Waals surface area contributed by atoms with Crippen molar-refractivity contribution in [1.82, 2.24) is 9.78 Å². The zero-order valence-corrected chi connectivity index (χ0v) is 14.8. The van der Waals surface area contributed by atoms with E-state index in [0.717, 1.165) is 11.1 Å². The normalized spacial score (nSPS) is 11.9. The zero-order valence-electron chi connectivity index (χ0n) is 14.0. The number of nitrogens with one attached hydrogen (secondary N) is 1. The molecule has 1 N–H and O–H groups in total. The van der Waals surface area contributed by atoms with E-state index in [4.69, 9.17) is 11.6 Å². The Morgan fingerprint density at radius 2 is 1.84 bits per heavy atom. The van der Waals surface area contributed by atoms with Gasteiger partial charge in [-0.05, 0) is 23.1 Å². The van der Waals surface area contributed by atoms with Crippen LogP contribution >= 0.6 is 11.6 Å². The molecule has 0 saturated carbocycles. The average molecular weight is 354 g/mol. The Labute approximate surface area is 152 Å². The van der Waals surface area contributed by atoms with Crippen molar-refractivity contribution < 1.29 is 4.79 Å². The standard InChI is InChI=1S/C20H20ClN3O/c1-15(16-7-3-2-4-8-16)13-20(25)23-19-11-12-22-24(19)14-17-9-5-6-10-18(17)21/h2-12,15H,13-14H2,1H3,(H,23,25). The lowest BCUT2D eigenvalue weighted by Gasteiger charge is -2.13. The van der Waals surface area contributed by atoms with Crippen LogP contribution in [0.15, 0.2) is 66.9 Å². The molecule has 1 atom stereocenters. The predicted molar refractivity (Wildman–Crippen MR) is 101 cm³/mol. The number of benzene rings is 2. The van der Waals surface area contributed by atoms with Crippen LogP contribution in [0.3, 0.4) is 0 Å². The molecule has 2 aromatic carbocycles. The average Bonchev–Trinajstić information content (AvgIpc) is 3.04. The van der Waals surface area contributed by atoms with Crippen LogP contribution < -0.4 is 5.32 Å². The van der Waals surface area contributed by atoms with E-state index in [-0.39, 0.29) is 11.8 Å². The van der Waals surface area contributed by atoms with Gasteiger partial charge in [-0.25, -0.2) is 4.68 Å². The van der Waals surface area contributed by atoms with Gasteiger partial charge in [0.2, 0.25) is 5.91 Å². The molecular weight excluding hydrogens is 334 g/mol. The number of halogens is 1. The first-order chi connectivity index (χ1) is 12.1. The van der Waals surface area contributed by atoms with Gasteiger partial charge in [-0.2, -0.15) is 5.10 Å². The SMILES string of the molecule is CC(CC(=O)Nc1ccnn1Cc1ccccc1Cl)c1ccccc1. The highest BCUT2D eigenvalue weighted by molar-refractivity contribution is 6.31. The molecule has 4 nitrogen and oxygen atoms in total. The minimum atomic E-state index is -0.0303. The molecule has 0 bridgehead atoms. The molecule has 3 aromatic rings. The van der Waals surface area contributed by atoms with E-state index < -0.39 is 0 Å². The van der Waals surface area contributed by atoms with E-state index in [2.05, 4.69) is 17.3 Å². The van der Waals surface area contributed by atoms with Gasteiger partial charge in [0.1, 0.15) is 5.82 Å². The molecule has 0 aliphatic rings. The van der Waals surface area contributed by atoms with Gasteiger partial charge in [0.15, 0.2) is 0 Å². The molecule has 5 heteroatoms. The van der Waals surface area contributed by atoms with Crippen molar-refractivity contribution in [3.05, 3.63) is 83.0 Å². The first-order valence-corrected chi connectivity index (χ1v) is 8.61. The van der Waals surface area contributed by atoms with E-state index in [1.54, 1.807) is 16.9 Å². The second kappa shape index (κ2) is 7.99. The van der Waals surface area contributed by atoms with E-state index in [1.165, 1.54) is 0 Å². The Morgan fingerprint density at radius 3 is 2.60 bits per heavy atom. The molecule has 25 heavy (non-hydrogen) atoms. The third kappa shape index (κ3) is 4.48. The van der Waals surface area contributed by atoms with Gasteiger partial charge in [0.05, 0.1) is 12.7 Å². The number of carbonyl (C=O) groups excluding carboxylic acids is 1. The number of aromatic nitrogens is 2. The molecule has 1 unspecified atom stereocenters. The number of anilines is 1. The summed E-state index contributed by atoms with van der Waals surface area (Å²) in [6.07, 6.45) is 2.09. The van der Waals surface area contributed by atoms with Crippen LogP contribution in [-0.2, 0) is 11.3 Å². The van der Waals surface area contributed by atoms with Crippen LogP contribution in [0.5, 0.6) is 0 Å². The number of amides is 1. The van der Waals surface area contributed by atoms with Crippen molar-refractivity contribution >= 4 is 23.3 Å². The summed E-state index contributed by atoms with van der Waals surface area (Å²) >= 11 is 6.21. The van der Waals surface area contributed by atoms with Crippen LogP contribution in [0, 0.1) is 0 Å². The highest BCUT2D eigenvalue weighted by atomic mass is 35.5. The number of carbonyl (C=O) groups is 1. The fourth-order valence-corrected chi connectivity index (χ4v) is 2.92. The summed E-state index contributed by atoms with van der Waals surface area (Å²) in [4.78, 5) is 12.4. The molecule has 0 aliphatic heterocycles. The maximum Gasteiger partial charge on any atom is 0.226 e. The molecule has 1 heterocycles. The molecule has 0 radical (unpaired) electrons. The van der Waals surface area contributed by atoms with Gasteiger partial charge in [0, 0.05) is 17.5 Å². The Balaban J connectivity index is 1.65. The van der Waals surface area contributed by atoms with Crippen LogP contribution in [0.1, 0.15) is 30.4 Å². The molecule has 0 fully saturated rings. The lowest BCUT2D eigenvalue weighted by Crippen LogP contribution is -2.17. The molecule has 0 spiro atoms. The van der Waals surface area contributed by atoms with Crippen molar-refractivity contribution in [1.29, 1.82) is 0 Å².